The largest absolute Gasteiger partial charge is 0.477 e. The predicted octanol–water partition coefficient (Wildman–Crippen LogP) is 3.56. The van der Waals surface area contributed by atoms with Gasteiger partial charge >= 0.3 is 5.97 Å². The van der Waals surface area contributed by atoms with Crippen molar-refractivity contribution in [1.82, 2.24) is 0 Å². The van der Waals surface area contributed by atoms with Crippen molar-refractivity contribution in [1.29, 1.82) is 0 Å². The highest BCUT2D eigenvalue weighted by atomic mass is 32.1. The molecule has 1 saturated carbocycles. The van der Waals surface area contributed by atoms with Crippen molar-refractivity contribution >= 4 is 23.0 Å². The summed E-state index contributed by atoms with van der Waals surface area (Å²) in [6.07, 6.45) is 3.03. The van der Waals surface area contributed by atoms with Crippen LogP contribution in [0.3, 0.4) is 0 Å². The van der Waals surface area contributed by atoms with Crippen molar-refractivity contribution in [2.24, 2.45) is 5.41 Å². The zero-order valence-corrected chi connectivity index (χ0v) is 14.1. The van der Waals surface area contributed by atoms with Crippen LogP contribution >= 0.6 is 11.3 Å². The molecule has 0 aliphatic heterocycles. The number of aliphatic hydroxyl groups excluding tert-OH is 1. The standard InChI is InChI=1S/C17H23NO3S/c1-17(2,3)9-8-13-10-14(15(22-13)16(20)21)18-11-4-6-12(19)7-5-11/h10-12,18-19H,4-7H2,1-3H3,(H,20,21)/t11-,12-. The maximum absolute atomic E-state index is 11.4. The summed E-state index contributed by atoms with van der Waals surface area (Å²) in [6, 6.07) is 2.05. The highest BCUT2D eigenvalue weighted by Gasteiger charge is 2.22. The Balaban J connectivity index is 2.17. The predicted molar refractivity (Wildman–Crippen MR) is 89.5 cm³/mol. The lowest BCUT2D eigenvalue weighted by Crippen LogP contribution is -2.28. The molecular weight excluding hydrogens is 298 g/mol. The lowest BCUT2D eigenvalue weighted by atomic mass is 9.93. The van der Waals surface area contributed by atoms with E-state index in [1.165, 1.54) is 11.3 Å². The van der Waals surface area contributed by atoms with E-state index < -0.39 is 5.97 Å². The Labute approximate surface area is 135 Å². The molecule has 1 fully saturated rings. The first kappa shape index (κ1) is 16.9. The Morgan fingerprint density at radius 3 is 2.50 bits per heavy atom. The van der Waals surface area contributed by atoms with E-state index >= 15 is 0 Å². The summed E-state index contributed by atoms with van der Waals surface area (Å²) in [7, 11) is 0. The van der Waals surface area contributed by atoms with Crippen LogP contribution in [0.1, 0.15) is 61.0 Å². The van der Waals surface area contributed by atoms with E-state index in [0.717, 1.165) is 30.6 Å². The Kier molecular flexibility index (Phi) is 5.15. The van der Waals surface area contributed by atoms with Gasteiger partial charge in [-0.25, -0.2) is 4.79 Å². The van der Waals surface area contributed by atoms with Crippen LogP contribution in [0, 0.1) is 17.3 Å². The van der Waals surface area contributed by atoms with E-state index in [2.05, 4.69) is 17.2 Å². The number of aromatic carboxylic acids is 1. The molecule has 1 aromatic heterocycles. The minimum absolute atomic E-state index is 0.111. The fraction of sp³-hybridized carbons (Fsp3) is 0.588. The molecule has 0 unspecified atom stereocenters. The molecule has 0 aromatic carbocycles. The molecular formula is C17H23NO3S. The normalized spacial score (nSPS) is 21.8. The van der Waals surface area contributed by atoms with Crippen LogP contribution in [0.25, 0.3) is 0 Å². The molecule has 0 amide bonds. The van der Waals surface area contributed by atoms with Crippen molar-refractivity contribution in [3.05, 3.63) is 15.8 Å². The molecule has 0 radical (unpaired) electrons. The van der Waals surface area contributed by atoms with Gasteiger partial charge in [0.1, 0.15) is 4.88 Å². The minimum atomic E-state index is -0.924. The van der Waals surface area contributed by atoms with Gasteiger partial charge in [-0.15, -0.1) is 11.3 Å². The maximum Gasteiger partial charge on any atom is 0.348 e. The zero-order chi connectivity index (χ0) is 16.3. The molecule has 120 valence electrons. The quantitative estimate of drug-likeness (QED) is 0.745. The Morgan fingerprint density at radius 1 is 1.32 bits per heavy atom. The maximum atomic E-state index is 11.4. The Bertz CT molecular complexity index is 596. The summed E-state index contributed by atoms with van der Waals surface area (Å²) in [5, 5.41) is 22.2. The molecule has 0 spiro atoms. The third-order valence-electron chi connectivity index (χ3n) is 3.54. The first-order valence-electron chi connectivity index (χ1n) is 7.59. The summed E-state index contributed by atoms with van der Waals surface area (Å²) in [4.78, 5) is 12.5. The third-order valence-corrected chi connectivity index (χ3v) is 4.58. The van der Waals surface area contributed by atoms with Gasteiger partial charge in [-0.3, -0.25) is 0 Å². The lowest BCUT2D eigenvalue weighted by molar-refractivity contribution is 0.0702. The van der Waals surface area contributed by atoms with Gasteiger partial charge < -0.3 is 15.5 Å². The van der Waals surface area contributed by atoms with Gasteiger partial charge in [-0.1, -0.05) is 11.8 Å². The van der Waals surface area contributed by atoms with E-state index in [1.54, 1.807) is 0 Å². The molecule has 1 heterocycles. The van der Waals surface area contributed by atoms with Gasteiger partial charge in [0.15, 0.2) is 0 Å². The Hall–Kier alpha value is -1.51. The smallest absolute Gasteiger partial charge is 0.348 e. The molecule has 1 aromatic rings. The van der Waals surface area contributed by atoms with Crippen molar-refractivity contribution in [2.75, 3.05) is 5.32 Å². The van der Waals surface area contributed by atoms with E-state index in [0.29, 0.717) is 10.6 Å². The number of carbonyl (C=O) groups is 1. The minimum Gasteiger partial charge on any atom is -0.477 e. The number of aliphatic hydroxyl groups is 1. The second-order valence-electron chi connectivity index (χ2n) is 6.81. The van der Waals surface area contributed by atoms with Crippen LogP contribution in [0.2, 0.25) is 0 Å². The molecule has 1 aliphatic carbocycles. The van der Waals surface area contributed by atoms with Crippen molar-refractivity contribution in [3.63, 3.8) is 0 Å². The van der Waals surface area contributed by atoms with Crippen molar-refractivity contribution in [3.8, 4) is 11.8 Å². The molecule has 0 atom stereocenters. The number of rotatable bonds is 3. The second kappa shape index (κ2) is 6.72. The summed E-state index contributed by atoms with van der Waals surface area (Å²) >= 11 is 1.21. The van der Waals surface area contributed by atoms with Gasteiger partial charge in [-0.2, -0.15) is 0 Å². The second-order valence-corrected chi connectivity index (χ2v) is 7.86. The van der Waals surface area contributed by atoms with Gasteiger partial charge in [-0.05, 0) is 52.5 Å². The van der Waals surface area contributed by atoms with Crippen LogP contribution in [0.5, 0.6) is 0 Å². The summed E-state index contributed by atoms with van der Waals surface area (Å²) in [5.74, 6) is 5.28. The SMILES string of the molecule is CC(C)(C)C#Cc1cc(N[C@H]2CC[C@H](O)CC2)c(C(=O)O)s1. The summed E-state index contributed by atoms with van der Waals surface area (Å²) in [6.45, 7) is 6.08. The Morgan fingerprint density at radius 2 is 1.95 bits per heavy atom. The van der Waals surface area contributed by atoms with Crippen LogP contribution in [-0.2, 0) is 0 Å². The molecule has 1 aliphatic rings. The molecule has 4 nitrogen and oxygen atoms in total. The fourth-order valence-corrected chi connectivity index (χ4v) is 3.22. The van der Waals surface area contributed by atoms with E-state index in [4.69, 9.17) is 0 Å². The van der Waals surface area contributed by atoms with E-state index in [1.807, 2.05) is 26.8 Å². The highest BCUT2D eigenvalue weighted by Crippen LogP contribution is 2.30. The molecule has 2 rings (SSSR count). The van der Waals surface area contributed by atoms with Crippen molar-refractivity contribution in [2.45, 2.75) is 58.6 Å². The first-order chi connectivity index (χ1) is 10.2. The molecule has 3 N–H and O–H groups in total. The van der Waals surface area contributed by atoms with Crippen LogP contribution in [0.15, 0.2) is 6.07 Å². The number of hydrogen-bond acceptors (Lipinski definition) is 4. The zero-order valence-electron chi connectivity index (χ0n) is 13.3. The van der Waals surface area contributed by atoms with Gasteiger partial charge in [0.25, 0.3) is 0 Å². The average molecular weight is 321 g/mol. The fourth-order valence-electron chi connectivity index (χ4n) is 2.41. The third kappa shape index (κ3) is 4.75. The topological polar surface area (TPSA) is 69.6 Å². The van der Waals surface area contributed by atoms with Gasteiger partial charge in [0.2, 0.25) is 0 Å². The molecule has 22 heavy (non-hydrogen) atoms. The number of carboxylic acid groups (broad SMARTS) is 1. The monoisotopic (exact) mass is 321 g/mol. The van der Waals surface area contributed by atoms with Crippen LogP contribution < -0.4 is 5.32 Å². The first-order valence-corrected chi connectivity index (χ1v) is 8.41. The molecule has 0 bridgehead atoms. The number of nitrogens with one attached hydrogen (secondary N) is 1. The van der Waals surface area contributed by atoms with Crippen LogP contribution in [-0.4, -0.2) is 28.3 Å². The van der Waals surface area contributed by atoms with Crippen LogP contribution in [0.4, 0.5) is 5.69 Å². The average Bonchev–Trinajstić information content (AvgIpc) is 2.82. The summed E-state index contributed by atoms with van der Waals surface area (Å²) < 4.78 is 0. The highest BCUT2D eigenvalue weighted by molar-refractivity contribution is 7.15. The van der Waals surface area contributed by atoms with E-state index in [-0.39, 0.29) is 17.6 Å². The number of hydrogen-bond donors (Lipinski definition) is 3. The lowest BCUT2D eigenvalue weighted by Gasteiger charge is -2.26. The van der Waals surface area contributed by atoms with E-state index in [9.17, 15) is 15.0 Å². The summed E-state index contributed by atoms with van der Waals surface area (Å²) in [5.41, 5.74) is 0.539. The number of thiophene rings is 1. The number of carboxylic acids is 1. The number of anilines is 1. The molecule has 0 saturated heterocycles. The van der Waals surface area contributed by atoms with Crippen molar-refractivity contribution < 1.29 is 15.0 Å². The van der Waals surface area contributed by atoms with Gasteiger partial charge in [0.05, 0.1) is 16.7 Å². The van der Waals surface area contributed by atoms with Gasteiger partial charge in [0, 0.05) is 11.5 Å². The molecule has 5 heteroatoms.